The van der Waals surface area contributed by atoms with Gasteiger partial charge in [-0.05, 0) is 29.8 Å². The van der Waals surface area contributed by atoms with Gasteiger partial charge in [-0.2, -0.15) is 0 Å². The Kier molecular flexibility index (Phi) is 7.22. The molecule has 1 atom stereocenters. The molecule has 1 aliphatic rings. The molecule has 1 aliphatic heterocycles. The summed E-state index contributed by atoms with van der Waals surface area (Å²) >= 11 is 2.66. The maximum absolute atomic E-state index is 13.2. The van der Waals surface area contributed by atoms with Crippen LogP contribution in [0.5, 0.6) is 5.75 Å². The Bertz CT molecular complexity index is 1230. The van der Waals surface area contributed by atoms with Crippen LogP contribution in [0.25, 0.3) is 0 Å². The number of nitrogens with zero attached hydrogens (tertiary/aromatic N) is 2. The maximum Gasteiger partial charge on any atom is 0.573 e. The number of thioether (sulfide) groups is 2. The number of ether oxygens (including phenoxy) is 1. The summed E-state index contributed by atoms with van der Waals surface area (Å²) in [6.07, 6.45) is -4.09. The van der Waals surface area contributed by atoms with Gasteiger partial charge in [0.25, 0.3) is 5.56 Å². The molecule has 1 N–H and O–H groups in total. The average Bonchev–Trinajstić information content (AvgIpc) is 3.16. The molecular formula is C23H20F3N3O3S2. The fraction of sp³-hybridized carbons (Fsp3) is 0.261. The minimum atomic E-state index is -4.78. The summed E-state index contributed by atoms with van der Waals surface area (Å²) in [6.45, 7) is 2.37. The highest BCUT2D eigenvalue weighted by Crippen LogP contribution is 2.34. The third-order valence-corrected chi connectivity index (χ3v) is 7.04. The first kappa shape index (κ1) is 24.2. The molecule has 2 heterocycles. The first-order chi connectivity index (χ1) is 16.2. The van der Waals surface area contributed by atoms with Crippen molar-refractivity contribution in [3.8, 4) is 5.75 Å². The molecule has 0 radical (unpaired) electrons. The lowest BCUT2D eigenvalue weighted by Crippen LogP contribution is -2.26. The van der Waals surface area contributed by atoms with Crippen LogP contribution in [0, 0.1) is 0 Å². The predicted octanol–water partition coefficient (Wildman–Crippen LogP) is 4.96. The van der Waals surface area contributed by atoms with Crippen molar-refractivity contribution >= 4 is 35.1 Å². The quantitative estimate of drug-likeness (QED) is 0.360. The van der Waals surface area contributed by atoms with E-state index in [1.165, 1.54) is 23.9 Å². The van der Waals surface area contributed by atoms with Crippen LogP contribution < -0.4 is 15.6 Å². The highest BCUT2D eigenvalue weighted by molar-refractivity contribution is 8.00. The molecule has 0 fully saturated rings. The van der Waals surface area contributed by atoms with Gasteiger partial charge in [0.05, 0.1) is 22.9 Å². The zero-order valence-corrected chi connectivity index (χ0v) is 19.6. The number of nitrogens with one attached hydrogen (secondary N) is 1. The number of alkyl halides is 3. The van der Waals surface area contributed by atoms with Crippen molar-refractivity contribution in [1.82, 2.24) is 9.55 Å². The molecule has 0 spiro atoms. The van der Waals surface area contributed by atoms with Crippen LogP contribution in [0.15, 0.2) is 69.4 Å². The Hall–Kier alpha value is -2.92. The predicted molar refractivity (Wildman–Crippen MR) is 126 cm³/mol. The van der Waals surface area contributed by atoms with Crippen molar-refractivity contribution in [3.63, 3.8) is 0 Å². The average molecular weight is 508 g/mol. The van der Waals surface area contributed by atoms with Gasteiger partial charge in [-0.1, -0.05) is 49.0 Å². The highest BCUT2D eigenvalue weighted by Gasteiger charge is 2.31. The highest BCUT2D eigenvalue weighted by atomic mass is 32.2. The van der Waals surface area contributed by atoms with Crippen LogP contribution in [0.1, 0.15) is 18.2 Å². The summed E-state index contributed by atoms with van der Waals surface area (Å²) in [4.78, 5) is 31.0. The van der Waals surface area contributed by atoms with E-state index in [4.69, 9.17) is 0 Å². The smallest absolute Gasteiger partial charge is 0.406 e. The number of hydrogen-bond acceptors (Lipinski definition) is 6. The number of hydrogen-bond donors (Lipinski definition) is 1. The maximum atomic E-state index is 13.2. The molecule has 178 valence electrons. The molecule has 4 rings (SSSR count). The van der Waals surface area contributed by atoms with Crippen molar-refractivity contribution in [2.45, 2.75) is 41.6 Å². The van der Waals surface area contributed by atoms with E-state index >= 15 is 0 Å². The normalized spacial score (nSPS) is 15.1. The third-order valence-electron chi connectivity index (χ3n) is 4.85. The van der Waals surface area contributed by atoms with E-state index in [9.17, 15) is 22.8 Å². The van der Waals surface area contributed by atoms with E-state index in [-0.39, 0.29) is 28.2 Å². The number of rotatable bonds is 7. The first-order valence-electron chi connectivity index (χ1n) is 10.3. The van der Waals surface area contributed by atoms with Crippen molar-refractivity contribution in [2.75, 3.05) is 11.1 Å². The third kappa shape index (κ3) is 6.15. The summed E-state index contributed by atoms with van der Waals surface area (Å²) in [6, 6.07) is 14.4. The number of benzene rings is 2. The molecule has 3 aromatic rings. The van der Waals surface area contributed by atoms with Gasteiger partial charge in [-0.25, -0.2) is 4.98 Å². The van der Waals surface area contributed by atoms with Crippen LogP contribution >= 0.6 is 23.5 Å². The molecule has 1 unspecified atom stereocenters. The van der Waals surface area contributed by atoms with Crippen LogP contribution in [-0.4, -0.2) is 32.8 Å². The van der Waals surface area contributed by atoms with Crippen molar-refractivity contribution in [2.24, 2.45) is 0 Å². The molecule has 6 nitrogen and oxygen atoms in total. The van der Waals surface area contributed by atoms with Crippen molar-refractivity contribution < 1.29 is 22.7 Å². The van der Waals surface area contributed by atoms with Gasteiger partial charge >= 0.3 is 6.36 Å². The number of halogens is 3. The standard InChI is InChI=1S/C23H20F3N3O3S2/c1-14-11-18-20(34-14)21(31)29(12-15-5-3-2-4-6-15)22(28-18)33-13-19(30)27-16-7-9-17(10-8-16)32-23(24,25)26/h2-10,14H,11-13H2,1H3,(H,27,30). The van der Waals surface area contributed by atoms with E-state index < -0.39 is 6.36 Å². The van der Waals surface area contributed by atoms with Crippen LogP contribution in [0.2, 0.25) is 0 Å². The monoisotopic (exact) mass is 507 g/mol. The zero-order chi connectivity index (χ0) is 24.3. The Morgan fingerprint density at radius 3 is 2.59 bits per heavy atom. The Morgan fingerprint density at radius 1 is 1.21 bits per heavy atom. The van der Waals surface area contributed by atoms with E-state index in [0.717, 1.165) is 35.2 Å². The number of anilines is 1. The van der Waals surface area contributed by atoms with Gasteiger partial charge < -0.3 is 10.1 Å². The van der Waals surface area contributed by atoms with E-state index in [2.05, 4.69) is 15.0 Å². The number of aromatic nitrogens is 2. The van der Waals surface area contributed by atoms with Crippen LogP contribution in [-0.2, 0) is 17.8 Å². The summed E-state index contributed by atoms with van der Waals surface area (Å²) in [5.74, 6) is -0.777. The molecule has 0 saturated heterocycles. The molecule has 11 heteroatoms. The molecule has 1 amide bonds. The fourth-order valence-corrected chi connectivity index (χ4v) is 5.34. The summed E-state index contributed by atoms with van der Waals surface area (Å²) in [7, 11) is 0. The number of carbonyl (C=O) groups excluding carboxylic acids is 1. The molecule has 0 saturated carbocycles. The van der Waals surface area contributed by atoms with Crippen molar-refractivity contribution in [3.05, 3.63) is 76.2 Å². The number of fused-ring (bicyclic) bond motifs is 1. The Balaban J connectivity index is 1.47. The first-order valence-corrected chi connectivity index (χ1v) is 12.2. The second-order valence-electron chi connectivity index (χ2n) is 7.59. The lowest BCUT2D eigenvalue weighted by molar-refractivity contribution is -0.274. The minimum absolute atomic E-state index is 0.0243. The number of carbonyl (C=O) groups is 1. The number of amides is 1. The topological polar surface area (TPSA) is 73.2 Å². The second kappa shape index (κ2) is 10.1. The van der Waals surface area contributed by atoms with Crippen molar-refractivity contribution in [1.29, 1.82) is 0 Å². The molecule has 0 bridgehead atoms. The van der Waals surface area contributed by atoms with Gasteiger partial charge in [0.1, 0.15) is 5.75 Å². The van der Waals surface area contributed by atoms with Crippen LogP contribution in [0.3, 0.4) is 0 Å². The van der Waals surface area contributed by atoms with Gasteiger partial charge in [0.15, 0.2) is 5.16 Å². The molecular weight excluding hydrogens is 487 g/mol. The SMILES string of the molecule is CC1Cc2nc(SCC(=O)Nc3ccc(OC(F)(F)F)cc3)n(Cc3ccccc3)c(=O)c2S1. The van der Waals surface area contributed by atoms with Gasteiger partial charge in [-0.15, -0.1) is 24.9 Å². The molecule has 1 aromatic heterocycles. The fourth-order valence-electron chi connectivity index (χ4n) is 3.41. The molecule has 0 aliphatic carbocycles. The van der Waals surface area contributed by atoms with E-state index in [0.29, 0.717) is 28.7 Å². The molecule has 34 heavy (non-hydrogen) atoms. The minimum Gasteiger partial charge on any atom is -0.406 e. The van der Waals surface area contributed by atoms with Gasteiger partial charge in [0, 0.05) is 17.4 Å². The second-order valence-corrected chi connectivity index (χ2v) is 9.98. The van der Waals surface area contributed by atoms with Crippen LogP contribution in [0.4, 0.5) is 18.9 Å². The summed E-state index contributed by atoms with van der Waals surface area (Å²) in [5, 5.41) is 3.34. The molecule has 2 aromatic carbocycles. The van der Waals surface area contributed by atoms with E-state index in [1.807, 2.05) is 37.3 Å². The zero-order valence-electron chi connectivity index (χ0n) is 18.0. The summed E-state index contributed by atoms with van der Waals surface area (Å²) in [5.41, 5.74) is 1.89. The summed E-state index contributed by atoms with van der Waals surface area (Å²) < 4.78 is 42.3. The lowest BCUT2D eigenvalue weighted by Gasteiger charge is -2.14. The lowest BCUT2D eigenvalue weighted by atomic mass is 10.2. The Morgan fingerprint density at radius 2 is 1.91 bits per heavy atom. The van der Waals surface area contributed by atoms with Gasteiger partial charge in [0.2, 0.25) is 5.91 Å². The largest absolute Gasteiger partial charge is 0.573 e. The van der Waals surface area contributed by atoms with Gasteiger partial charge in [-0.3, -0.25) is 14.2 Å². The Labute approximate surface area is 201 Å². The van der Waals surface area contributed by atoms with E-state index in [1.54, 1.807) is 4.57 Å².